The van der Waals surface area contributed by atoms with Gasteiger partial charge in [0.05, 0.1) is 24.9 Å². The van der Waals surface area contributed by atoms with E-state index >= 15 is 0 Å². The minimum Gasteiger partial charge on any atom is -0.497 e. The highest BCUT2D eigenvalue weighted by molar-refractivity contribution is 5.89. The van der Waals surface area contributed by atoms with Gasteiger partial charge in [-0.2, -0.15) is 0 Å². The number of rotatable bonds is 6. The highest BCUT2D eigenvalue weighted by Gasteiger charge is 2.59. The summed E-state index contributed by atoms with van der Waals surface area (Å²) in [6, 6.07) is 15.8. The van der Waals surface area contributed by atoms with Crippen molar-refractivity contribution < 1.29 is 48.2 Å². The van der Waals surface area contributed by atoms with E-state index in [1.807, 2.05) is 49.4 Å². The van der Waals surface area contributed by atoms with Crippen LogP contribution in [0.2, 0.25) is 0 Å². The van der Waals surface area contributed by atoms with Gasteiger partial charge < -0.3 is 38.6 Å². The average Bonchev–Trinajstić information content (AvgIpc) is 3.08. The van der Waals surface area contributed by atoms with Gasteiger partial charge in [0, 0.05) is 26.1 Å². The molecule has 0 spiro atoms. The fourth-order valence-corrected chi connectivity index (χ4v) is 6.35. The summed E-state index contributed by atoms with van der Waals surface area (Å²) >= 11 is 0. The molecule has 2 aromatic carbocycles. The maximum atomic E-state index is 13.8. The first-order chi connectivity index (χ1) is 22.0. The molecule has 2 aliphatic rings. The van der Waals surface area contributed by atoms with Crippen molar-refractivity contribution >= 4 is 11.9 Å². The van der Waals surface area contributed by atoms with Crippen LogP contribution in [0.1, 0.15) is 68.5 Å². The normalized spacial score (nSPS) is 35.0. The number of aliphatic hydroxyl groups is 2. The number of fused-ring (bicyclic) bond motifs is 2. The Morgan fingerprint density at radius 3 is 2.22 bits per heavy atom. The Kier molecular flexibility index (Phi) is 12.4. The first kappa shape index (κ1) is 35.6. The van der Waals surface area contributed by atoms with Crippen LogP contribution in [0.5, 0.6) is 5.75 Å². The van der Waals surface area contributed by atoms with E-state index in [9.17, 15) is 19.8 Å². The number of hydrogen-bond acceptors (Lipinski definition) is 10. The molecule has 10 nitrogen and oxygen atoms in total. The summed E-state index contributed by atoms with van der Waals surface area (Å²) in [7, 11) is 4.80. The highest BCUT2D eigenvalue weighted by atomic mass is 16.7. The summed E-state index contributed by atoms with van der Waals surface area (Å²) < 4.78 is 35.0. The molecule has 1 fully saturated rings. The zero-order valence-electron chi connectivity index (χ0n) is 27.5. The lowest BCUT2D eigenvalue weighted by Gasteiger charge is -2.50. The molecular formula is C36H48O10. The maximum absolute atomic E-state index is 13.8. The Balaban J connectivity index is 1.72. The summed E-state index contributed by atoms with van der Waals surface area (Å²) in [6.07, 6.45) is 1.70. The molecule has 0 amide bonds. The van der Waals surface area contributed by atoms with Crippen molar-refractivity contribution in [2.45, 2.75) is 88.9 Å². The Morgan fingerprint density at radius 2 is 1.59 bits per heavy atom. The van der Waals surface area contributed by atoms with Gasteiger partial charge in [-0.3, -0.25) is 4.79 Å². The molecule has 252 valence electrons. The quantitative estimate of drug-likeness (QED) is 0.328. The molecule has 2 aromatic rings. The number of cyclic esters (lactones) is 1. The second kappa shape index (κ2) is 16.0. The van der Waals surface area contributed by atoms with E-state index in [1.54, 1.807) is 45.4 Å². The van der Waals surface area contributed by atoms with Crippen molar-refractivity contribution in [2.24, 2.45) is 17.8 Å². The van der Waals surface area contributed by atoms with Gasteiger partial charge in [-0.05, 0) is 56.0 Å². The first-order valence-corrected chi connectivity index (χ1v) is 16.0. The number of ether oxygens (including phenoxy) is 6. The molecule has 0 saturated carbocycles. The van der Waals surface area contributed by atoms with E-state index in [-0.39, 0.29) is 23.7 Å². The largest absolute Gasteiger partial charge is 0.497 e. The molecule has 10 heteroatoms. The third kappa shape index (κ3) is 7.98. The molecule has 2 N–H and O–H groups in total. The molecule has 0 radical (unpaired) electrons. The topological polar surface area (TPSA) is 130 Å². The Bertz CT molecular complexity index is 1300. The summed E-state index contributed by atoms with van der Waals surface area (Å²) in [4.78, 5) is 27.1. The van der Waals surface area contributed by atoms with Gasteiger partial charge in [0.25, 0.3) is 0 Å². The second-order valence-electron chi connectivity index (χ2n) is 12.3. The van der Waals surface area contributed by atoms with Gasteiger partial charge in [0.15, 0.2) is 0 Å². The average molecular weight is 641 g/mol. The summed E-state index contributed by atoms with van der Waals surface area (Å²) in [6.45, 7) is 5.13. The molecule has 0 aliphatic carbocycles. The number of carbonyl (C=O) groups is 2. The minimum atomic E-state index is -2.44. The number of benzene rings is 2. The molecule has 46 heavy (non-hydrogen) atoms. The van der Waals surface area contributed by atoms with Crippen molar-refractivity contribution in [2.75, 3.05) is 21.3 Å². The lowest BCUT2D eigenvalue weighted by Crippen LogP contribution is -2.67. The second-order valence-corrected chi connectivity index (χ2v) is 12.3. The number of esters is 2. The maximum Gasteiger partial charge on any atom is 0.338 e. The molecule has 4 rings (SSSR count). The fraction of sp³-hybridized carbons (Fsp3) is 0.556. The van der Waals surface area contributed by atoms with Crippen molar-refractivity contribution in [3.8, 4) is 5.75 Å². The van der Waals surface area contributed by atoms with Gasteiger partial charge in [0.1, 0.15) is 36.1 Å². The van der Waals surface area contributed by atoms with Crippen LogP contribution in [-0.4, -0.2) is 79.8 Å². The third-order valence-corrected chi connectivity index (χ3v) is 9.34. The van der Waals surface area contributed by atoms with Crippen LogP contribution in [0, 0.1) is 17.8 Å². The number of carbonyl (C=O) groups excluding carboxylic acids is 2. The molecule has 0 aromatic heterocycles. The van der Waals surface area contributed by atoms with E-state index in [0.717, 1.165) is 24.8 Å². The number of methoxy groups -OCH3 is 3. The number of aliphatic hydroxyl groups excluding tert-OH is 1. The summed E-state index contributed by atoms with van der Waals surface area (Å²) in [5, 5.41) is 23.7. The van der Waals surface area contributed by atoms with Gasteiger partial charge in [-0.25, -0.2) is 4.79 Å². The SMILES string of the molecule is COc1ccc(C(=O)O[C@H]2[C@H](C)[C@H]3O[C@](O)([C@H](C)C(=O)O[C@H](c4ccccc4)CCCC[C@H](OC)[C@H](OC)/C=C/[C@@H]3C)[C@H]2O)cc1. The first-order valence-electron chi connectivity index (χ1n) is 16.0. The standard InChI is InChI=1S/C36H48O10/c1-22-16-21-30(43-6)29(42-5)15-11-10-14-28(25-12-8-7-9-13-25)44-34(38)24(3)36(40)33(37)32(23(2)31(22)46-36)45-35(39)26-17-19-27(41-4)20-18-26/h7-9,12-13,16-24,28-33,37,40H,10-11,14-15H2,1-6H3/b21-16+/t22-,23+,24+,28-,29-,30+,31-,32-,33-,36+/m0/s1. The van der Waals surface area contributed by atoms with Gasteiger partial charge in [-0.15, -0.1) is 0 Å². The van der Waals surface area contributed by atoms with Crippen LogP contribution >= 0.6 is 0 Å². The lowest BCUT2D eigenvalue weighted by atomic mass is 9.77. The van der Waals surface area contributed by atoms with E-state index in [1.165, 1.54) is 14.0 Å². The Hall–Kier alpha value is -3.28. The minimum absolute atomic E-state index is 0.222. The Labute approximate surface area is 271 Å². The van der Waals surface area contributed by atoms with Crippen LogP contribution in [0.15, 0.2) is 66.7 Å². The monoisotopic (exact) mass is 640 g/mol. The van der Waals surface area contributed by atoms with Crippen LogP contribution < -0.4 is 4.74 Å². The van der Waals surface area contributed by atoms with E-state index in [0.29, 0.717) is 12.2 Å². The zero-order chi connectivity index (χ0) is 33.4. The van der Waals surface area contributed by atoms with Gasteiger partial charge in [-0.1, -0.05) is 62.8 Å². The lowest BCUT2D eigenvalue weighted by molar-refractivity contribution is -0.355. The van der Waals surface area contributed by atoms with Crippen molar-refractivity contribution in [1.82, 2.24) is 0 Å². The van der Waals surface area contributed by atoms with E-state index in [2.05, 4.69) is 0 Å². The molecule has 2 aliphatic heterocycles. The van der Waals surface area contributed by atoms with Gasteiger partial charge >= 0.3 is 11.9 Å². The Morgan fingerprint density at radius 1 is 0.913 bits per heavy atom. The zero-order valence-corrected chi connectivity index (χ0v) is 27.5. The third-order valence-electron chi connectivity index (χ3n) is 9.34. The smallest absolute Gasteiger partial charge is 0.338 e. The molecule has 0 unspecified atom stereocenters. The van der Waals surface area contributed by atoms with E-state index < -0.39 is 54.0 Å². The van der Waals surface area contributed by atoms with Crippen molar-refractivity contribution in [3.05, 3.63) is 77.9 Å². The molecule has 10 atom stereocenters. The predicted octanol–water partition coefficient (Wildman–Crippen LogP) is 5.02. The van der Waals surface area contributed by atoms with Crippen molar-refractivity contribution in [1.29, 1.82) is 0 Å². The van der Waals surface area contributed by atoms with Gasteiger partial charge in [0.2, 0.25) is 5.79 Å². The molecular weight excluding hydrogens is 592 g/mol. The van der Waals surface area contributed by atoms with Crippen LogP contribution in [0.3, 0.4) is 0 Å². The number of hydrogen-bond donors (Lipinski definition) is 2. The fourth-order valence-electron chi connectivity index (χ4n) is 6.35. The van der Waals surface area contributed by atoms with Crippen molar-refractivity contribution in [3.63, 3.8) is 0 Å². The summed E-state index contributed by atoms with van der Waals surface area (Å²) in [5.41, 5.74) is 1.05. The molecule has 2 bridgehead atoms. The molecule has 1 saturated heterocycles. The van der Waals surface area contributed by atoms with Crippen LogP contribution in [0.25, 0.3) is 0 Å². The van der Waals surface area contributed by atoms with E-state index in [4.69, 9.17) is 28.4 Å². The van der Waals surface area contributed by atoms with Crippen LogP contribution in [-0.2, 0) is 28.5 Å². The van der Waals surface area contributed by atoms with Crippen LogP contribution in [0.4, 0.5) is 0 Å². The highest BCUT2D eigenvalue weighted by Crippen LogP contribution is 2.42. The molecule has 2 heterocycles. The summed E-state index contributed by atoms with van der Waals surface area (Å²) in [5.74, 6) is -5.59. The predicted molar refractivity (Wildman–Crippen MR) is 170 cm³/mol.